The Balaban J connectivity index is 2.14. The van der Waals surface area contributed by atoms with Crippen molar-refractivity contribution in [2.75, 3.05) is 5.32 Å². The van der Waals surface area contributed by atoms with Gasteiger partial charge in [-0.25, -0.2) is 4.98 Å². The summed E-state index contributed by atoms with van der Waals surface area (Å²) in [5.74, 6) is 1.57. The summed E-state index contributed by atoms with van der Waals surface area (Å²) in [5, 5.41) is 3.50. The molecule has 0 bridgehead atoms. The summed E-state index contributed by atoms with van der Waals surface area (Å²) in [6.45, 7) is 9.64. The van der Waals surface area contributed by atoms with Crippen molar-refractivity contribution >= 4 is 5.95 Å². The van der Waals surface area contributed by atoms with Crippen molar-refractivity contribution in [2.24, 2.45) is 5.92 Å². The van der Waals surface area contributed by atoms with E-state index in [4.69, 9.17) is 0 Å². The van der Waals surface area contributed by atoms with E-state index in [1.54, 1.807) is 0 Å². The predicted molar refractivity (Wildman–Crippen MR) is 80.3 cm³/mol. The summed E-state index contributed by atoms with van der Waals surface area (Å²) >= 11 is 0. The minimum absolute atomic E-state index is 0.258. The molecule has 0 aliphatic rings. The van der Waals surface area contributed by atoms with Crippen LogP contribution in [0, 0.1) is 12.8 Å². The van der Waals surface area contributed by atoms with E-state index in [1.165, 1.54) is 5.56 Å². The lowest BCUT2D eigenvalue weighted by molar-refractivity contribution is 0.524. The van der Waals surface area contributed by atoms with Gasteiger partial charge in [-0.1, -0.05) is 44.2 Å². The van der Waals surface area contributed by atoms with Gasteiger partial charge in [0.2, 0.25) is 5.95 Å². The first-order valence-electron chi connectivity index (χ1n) is 6.91. The molecule has 1 unspecified atom stereocenters. The minimum Gasteiger partial charge on any atom is -0.349 e. The molecule has 0 saturated carbocycles. The third kappa shape index (κ3) is 3.60. The Bertz CT molecular complexity index is 514. The van der Waals surface area contributed by atoms with Crippen LogP contribution >= 0.6 is 0 Å². The van der Waals surface area contributed by atoms with Crippen molar-refractivity contribution < 1.29 is 0 Å². The van der Waals surface area contributed by atoms with Crippen molar-refractivity contribution in [3.8, 4) is 0 Å². The summed E-state index contributed by atoms with van der Waals surface area (Å²) < 4.78 is 2.21. The fraction of sp³-hybridized carbons (Fsp3) is 0.438. The van der Waals surface area contributed by atoms with Gasteiger partial charge in [0.25, 0.3) is 0 Å². The molecule has 1 aromatic heterocycles. The third-order valence-electron chi connectivity index (χ3n) is 3.10. The SMILES string of the molecule is Cc1cn(CC(C)C)c(NC(C)c2ccccc2)n1. The van der Waals surface area contributed by atoms with Crippen molar-refractivity contribution in [1.82, 2.24) is 9.55 Å². The maximum absolute atomic E-state index is 4.58. The Kier molecular flexibility index (Phi) is 4.25. The van der Waals surface area contributed by atoms with Crippen LogP contribution in [0.15, 0.2) is 36.5 Å². The van der Waals surface area contributed by atoms with Crippen LogP contribution in [0.25, 0.3) is 0 Å². The molecule has 0 fully saturated rings. The van der Waals surface area contributed by atoms with Crippen molar-refractivity contribution in [1.29, 1.82) is 0 Å². The molecule has 102 valence electrons. The number of aromatic nitrogens is 2. The van der Waals surface area contributed by atoms with Crippen LogP contribution in [-0.2, 0) is 6.54 Å². The van der Waals surface area contributed by atoms with Gasteiger partial charge in [0.1, 0.15) is 0 Å². The Morgan fingerprint density at radius 1 is 1.16 bits per heavy atom. The molecule has 1 heterocycles. The van der Waals surface area contributed by atoms with Gasteiger partial charge in [-0.15, -0.1) is 0 Å². The van der Waals surface area contributed by atoms with E-state index in [9.17, 15) is 0 Å². The van der Waals surface area contributed by atoms with E-state index in [0.717, 1.165) is 18.2 Å². The lowest BCUT2D eigenvalue weighted by Crippen LogP contribution is -2.13. The van der Waals surface area contributed by atoms with Gasteiger partial charge in [-0.2, -0.15) is 0 Å². The highest BCUT2D eigenvalue weighted by Gasteiger charge is 2.11. The van der Waals surface area contributed by atoms with Crippen molar-refractivity contribution in [3.05, 3.63) is 47.8 Å². The molecule has 0 radical (unpaired) electrons. The first kappa shape index (κ1) is 13.7. The van der Waals surface area contributed by atoms with E-state index in [1.807, 2.05) is 13.0 Å². The topological polar surface area (TPSA) is 29.9 Å². The molecule has 1 N–H and O–H groups in total. The summed E-state index contributed by atoms with van der Waals surface area (Å²) in [6.07, 6.45) is 2.11. The standard InChI is InChI=1S/C16H23N3/c1-12(2)10-19-11-13(3)17-16(19)18-14(4)15-8-6-5-7-9-15/h5-9,11-12,14H,10H2,1-4H3,(H,17,18). The molecule has 0 spiro atoms. The van der Waals surface area contributed by atoms with Crippen LogP contribution in [0.4, 0.5) is 5.95 Å². The van der Waals surface area contributed by atoms with Crippen LogP contribution in [0.1, 0.15) is 38.1 Å². The molecular formula is C16H23N3. The number of nitrogens with one attached hydrogen (secondary N) is 1. The molecule has 19 heavy (non-hydrogen) atoms. The first-order chi connectivity index (χ1) is 9.06. The normalized spacial score (nSPS) is 12.7. The summed E-state index contributed by atoms with van der Waals surface area (Å²) in [5.41, 5.74) is 2.34. The van der Waals surface area contributed by atoms with Gasteiger partial charge in [-0.3, -0.25) is 0 Å². The lowest BCUT2D eigenvalue weighted by Gasteiger charge is -2.17. The number of hydrogen-bond acceptors (Lipinski definition) is 2. The molecule has 2 aromatic rings. The molecule has 1 aromatic carbocycles. The Morgan fingerprint density at radius 3 is 2.47 bits per heavy atom. The second-order valence-electron chi connectivity index (χ2n) is 5.53. The van der Waals surface area contributed by atoms with Gasteiger partial charge in [-0.05, 0) is 25.3 Å². The zero-order valence-electron chi connectivity index (χ0n) is 12.2. The summed E-state index contributed by atoms with van der Waals surface area (Å²) in [6, 6.07) is 10.7. The van der Waals surface area contributed by atoms with E-state index < -0.39 is 0 Å². The maximum atomic E-state index is 4.58. The monoisotopic (exact) mass is 257 g/mol. The molecular weight excluding hydrogens is 234 g/mol. The smallest absolute Gasteiger partial charge is 0.203 e. The fourth-order valence-corrected chi connectivity index (χ4v) is 2.21. The van der Waals surface area contributed by atoms with Crippen LogP contribution in [-0.4, -0.2) is 9.55 Å². The first-order valence-corrected chi connectivity index (χ1v) is 6.91. The zero-order chi connectivity index (χ0) is 13.8. The zero-order valence-corrected chi connectivity index (χ0v) is 12.2. The number of benzene rings is 1. The van der Waals surface area contributed by atoms with Gasteiger partial charge < -0.3 is 9.88 Å². The highest BCUT2D eigenvalue weighted by Crippen LogP contribution is 2.19. The Morgan fingerprint density at radius 2 is 1.84 bits per heavy atom. The highest BCUT2D eigenvalue weighted by molar-refractivity contribution is 5.34. The average Bonchev–Trinajstić information content (AvgIpc) is 2.69. The molecule has 0 aliphatic carbocycles. The molecule has 0 saturated heterocycles. The van der Waals surface area contributed by atoms with E-state index in [-0.39, 0.29) is 6.04 Å². The number of nitrogens with zero attached hydrogens (tertiary/aromatic N) is 2. The lowest BCUT2D eigenvalue weighted by atomic mass is 10.1. The predicted octanol–water partition coefficient (Wildman–Crippen LogP) is 4.02. The molecule has 3 heteroatoms. The molecule has 3 nitrogen and oxygen atoms in total. The van der Waals surface area contributed by atoms with Crippen molar-refractivity contribution in [2.45, 2.75) is 40.3 Å². The minimum atomic E-state index is 0.258. The molecule has 1 atom stereocenters. The largest absolute Gasteiger partial charge is 0.349 e. The number of anilines is 1. The quantitative estimate of drug-likeness (QED) is 0.876. The van der Waals surface area contributed by atoms with E-state index >= 15 is 0 Å². The van der Waals surface area contributed by atoms with Crippen molar-refractivity contribution in [3.63, 3.8) is 0 Å². The average molecular weight is 257 g/mol. The summed E-state index contributed by atoms with van der Waals surface area (Å²) in [4.78, 5) is 4.58. The van der Waals surface area contributed by atoms with Crippen LogP contribution in [0.5, 0.6) is 0 Å². The molecule has 0 aliphatic heterocycles. The number of hydrogen-bond donors (Lipinski definition) is 1. The second kappa shape index (κ2) is 5.91. The van der Waals surface area contributed by atoms with E-state index in [0.29, 0.717) is 5.92 Å². The van der Waals surface area contributed by atoms with Gasteiger partial charge in [0.05, 0.1) is 11.7 Å². The van der Waals surface area contributed by atoms with Crippen LogP contribution in [0.3, 0.4) is 0 Å². The van der Waals surface area contributed by atoms with Gasteiger partial charge in [0, 0.05) is 12.7 Å². The summed E-state index contributed by atoms with van der Waals surface area (Å²) in [7, 11) is 0. The highest BCUT2D eigenvalue weighted by atomic mass is 15.2. The third-order valence-corrected chi connectivity index (χ3v) is 3.10. The van der Waals surface area contributed by atoms with Crippen LogP contribution < -0.4 is 5.32 Å². The number of imidazole rings is 1. The molecule has 2 rings (SSSR count). The number of rotatable bonds is 5. The van der Waals surface area contributed by atoms with Crippen LogP contribution in [0.2, 0.25) is 0 Å². The Hall–Kier alpha value is -1.77. The molecule has 0 amide bonds. The fourth-order valence-electron chi connectivity index (χ4n) is 2.21. The Labute approximate surface area is 115 Å². The van der Waals surface area contributed by atoms with Gasteiger partial charge in [0.15, 0.2) is 0 Å². The number of aryl methyl sites for hydroxylation is 1. The van der Waals surface area contributed by atoms with E-state index in [2.05, 4.69) is 66.1 Å². The second-order valence-corrected chi connectivity index (χ2v) is 5.53. The van der Waals surface area contributed by atoms with Gasteiger partial charge >= 0.3 is 0 Å². The maximum Gasteiger partial charge on any atom is 0.203 e.